The van der Waals surface area contributed by atoms with Gasteiger partial charge in [-0.2, -0.15) is 0 Å². The Morgan fingerprint density at radius 2 is 0.824 bits per heavy atom. The van der Waals surface area contributed by atoms with Gasteiger partial charge in [0, 0.05) is 0 Å². The van der Waals surface area contributed by atoms with E-state index in [-0.39, 0.29) is 0 Å². The molecule has 0 bridgehead atoms. The summed E-state index contributed by atoms with van der Waals surface area (Å²) in [5.74, 6) is 1.87. The molecule has 0 spiro atoms. The third kappa shape index (κ3) is 7.09. The van der Waals surface area contributed by atoms with Crippen LogP contribution in [0.1, 0.15) is 38.5 Å². The van der Waals surface area contributed by atoms with E-state index < -0.39 is 0 Å². The Kier molecular flexibility index (Phi) is 7.79. The second-order valence-electron chi connectivity index (χ2n) is 9.23. The molecule has 4 heteroatoms. The first kappa shape index (κ1) is 22.9. The van der Waals surface area contributed by atoms with Gasteiger partial charge in [0.1, 0.15) is 11.5 Å². The van der Waals surface area contributed by atoms with Crippen LogP contribution in [-0.4, -0.2) is 38.6 Å². The monoisotopic (exact) mass is 458 g/mol. The molecule has 3 aromatic rings. The number of ether oxygens (including phenoxy) is 4. The third-order valence-electron chi connectivity index (χ3n) is 6.44. The van der Waals surface area contributed by atoms with E-state index in [1.165, 1.54) is 35.1 Å². The molecule has 0 aromatic heterocycles. The van der Waals surface area contributed by atoms with Crippen LogP contribution in [0, 0.1) is 0 Å². The van der Waals surface area contributed by atoms with Crippen molar-refractivity contribution in [3.05, 3.63) is 72.8 Å². The van der Waals surface area contributed by atoms with Crippen molar-refractivity contribution in [2.24, 2.45) is 0 Å². The topological polar surface area (TPSA) is 43.5 Å². The van der Waals surface area contributed by atoms with E-state index in [9.17, 15) is 0 Å². The summed E-state index contributed by atoms with van der Waals surface area (Å²) in [5.41, 5.74) is 4.80. The molecule has 0 amide bonds. The van der Waals surface area contributed by atoms with E-state index in [4.69, 9.17) is 18.9 Å². The van der Waals surface area contributed by atoms with Crippen molar-refractivity contribution in [1.82, 2.24) is 0 Å². The summed E-state index contributed by atoms with van der Waals surface area (Å²) in [4.78, 5) is 0. The first-order chi connectivity index (χ1) is 16.8. The minimum absolute atomic E-state index is 0.520. The third-order valence-corrected chi connectivity index (χ3v) is 6.44. The highest BCUT2D eigenvalue weighted by Crippen LogP contribution is 2.28. The molecule has 34 heavy (non-hydrogen) atoms. The average Bonchev–Trinajstić information content (AvgIpc) is 3.81. The smallest absolute Gasteiger partial charge is 0.119 e. The lowest BCUT2D eigenvalue weighted by Gasteiger charge is -2.09. The van der Waals surface area contributed by atoms with E-state index in [2.05, 4.69) is 72.8 Å². The zero-order valence-electron chi connectivity index (χ0n) is 19.8. The first-order valence-corrected chi connectivity index (χ1v) is 12.6. The minimum Gasteiger partial charge on any atom is -0.494 e. The van der Waals surface area contributed by atoms with E-state index >= 15 is 0 Å². The lowest BCUT2D eigenvalue weighted by atomic mass is 10.0. The Morgan fingerprint density at radius 3 is 1.15 bits per heavy atom. The number of unbranched alkanes of at least 4 members (excludes halogenated alkanes) is 2. The van der Waals surface area contributed by atoms with Gasteiger partial charge in [-0.15, -0.1) is 0 Å². The molecule has 4 nitrogen and oxygen atoms in total. The lowest BCUT2D eigenvalue weighted by Crippen LogP contribution is -1.98. The molecule has 2 aliphatic heterocycles. The molecule has 2 fully saturated rings. The normalized spacial score (nSPS) is 18.5. The molecule has 178 valence electrons. The fraction of sp³-hybridized carbons (Fsp3) is 0.400. The highest BCUT2D eigenvalue weighted by atomic mass is 16.6. The zero-order chi connectivity index (χ0) is 23.0. The van der Waals surface area contributed by atoms with Crippen LogP contribution < -0.4 is 9.47 Å². The quantitative estimate of drug-likeness (QED) is 0.194. The maximum atomic E-state index is 5.88. The first-order valence-electron chi connectivity index (χ1n) is 12.6. The van der Waals surface area contributed by atoms with Crippen molar-refractivity contribution in [3.63, 3.8) is 0 Å². The standard InChI is InChI=1S/C30H34O4/c1(5-29-21-33-29)3-19-31-27-15-11-25(12-16-27)23-7-9-24(10-8-23)26-13-17-28(18-14-26)32-20-4-2-6-30-22-34-30/h7-18,29-30H,1-6,19-22H2. The van der Waals surface area contributed by atoms with Gasteiger partial charge in [-0.3, -0.25) is 0 Å². The van der Waals surface area contributed by atoms with Gasteiger partial charge in [-0.25, -0.2) is 0 Å². The van der Waals surface area contributed by atoms with Crippen molar-refractivity contribution in [1.29, 1.82) is 0 Å². The van der Waals surface area contributed by atoms with Gasteiger partial charge in [0.15, 0.2) is 0 Å². The number of epoxide rings is 2. The van der Waals surface area contributed by atoms with Gasteiger partial charge in [-0.05, 0) is 85.0 Å². The van der Waals surface area contributed by atoms with Gasteiger partial charge in [0.05, 0.1) is 38.6 Å². The second-order valence-corrected chi connectivity index (χ2v) is 9.23. The van der Waals surface area contributed by atoms with Crippen molar-refractivity contribution >= 4 is 0 Å². The fourth-order valence-corrected chi connectivity index (χ4v) is 4.14. The molecule has 0 saturated carbocycles. The number of benzene rings is 3. The number of rotatable bonds is 14. The van der Waals surface area contributed by atoms with E-state index in [0.29, 0.717) is 12.2 Å². The average molecular weight is 459 g/mol. The Hall–Kier alpha value is -2.82. The molecule has 2 saturated heterocycles. The second kappa shape index (κ2) is 11.5. The zero-order valence-corrected chi connectivity index (χ0v) is 19.8. The SMILES string of the molecule is c1cc(-c2ccc(-c3ccc(OCCCCC4CO4)cc3)cc2)ccc1OCCCCC1CO1. The van der Waals surface area contributed by atoms with Crippen LogP contribution in [0.15, 0.2) is 72.8 Å². The van der Waals surface area contributed by atoms with Gasteiger partial charge < -0.3 is 18.9 Å². The van der Waals surface area contributed by atoms with Crippen LogP contribution in [0.5, 0.6) is 11.5 Å². The molecule has 5 rings (SSSR count). The Morgan fingerprint density at radius 1 is 0.500 bits per heavy atom. The van der Waals surface area contributed by atoms with Crippen LogP contribution in [0.25, 0.3) is 22.3 Å². The summed E-state index contributed by atoms with van der Waals surface area (Å²) < 4.78 is 22.2. The summed E-state index contributed by atoms with van der Waals surface area (Å²) >= 11 is 0. The Labute approximate surface area is 202 Å². The maximum Gasteiger partial charge on any atom is 0.119 e. The van der Waals surface area contributed by atoms with Gasteiger partial charge in [0.2, 0.25) is 0 Å². The predicted octanol–water partition coefficient (Wildman–Crippen LogP) is 6.92. The lowest BCUT2D eigenvalue weighted by molar-refractivity contribution is 0.299. The number of hydrogen-bond donors (Lipinski definition) is 0. The summed E-state index contributed by atoms with van der Waals surface area (Å²) in [6.45, 7) is 3.42. The van der Waals surface area contributed by atoms with Crippen molar-refractivity contribution in [2.45, 2.75) is 50.7 Å². The summed E-state index contributed by atoms with van der Waals surface area (Å²) in [5, 5.41) is 0. The van der Waals surface area contributed by atoms with Crippen LogP contribution in [0.4, 0.5) is 0 Å². The maximum absolute atomic E-state index is 5.88. The molecule has 0 N–H and O–H groups in total. The summed E-state index contributed by atoms with van der Waals surface area (Å²) in [7, 11) is 0. The molecular formula is C30H34O4. The van der Waals surface area contributed by atoms with Crippen molar-refractivity contribution in [2.75, 3.05) is 26.4 Å². The highest BCUT2D eigenvalue weighted by molar-refractivity contribution is 5.71. The van der Waals surface area contributed by atoms with Crippen LogP contribution in [0.3, 0.4) is 0 Å². The van der Waals surface area contributed by atoms with E-state index in [1.807, 2.05) is 0 Å². The molecule has 2 heterocycles. The molecule has 2 aliphatic rings. The minimum atomic E-state index is 0.520. The Balaban J connectivity index is 1.07. The fourth-order valence-electron chi connectivity index (χ4n) is 4.14. The molecule has 2 unspecified atom stereocenters. The molecule has 0 aliphatic carbocycles. The van der Waals surface area contributed by atoms with Gasteiger partial charge in [-0.1, -0.05) is 48.5 Å². The van der Waals surface area contributed by atoms with E-state index in [0.717, 1.165) is 63.6 Å². The predicted molar refractivity (Wildman–Crippen MR) is 135 cm³/mol. The van der Waals surface area contributed by atoms with Crippen molar-refractivity contribution < 1.29 is 18.9 Å². The molecule has 3 aromatic carbocycles. The van der Waals surface area contributed by atoms with Crippen LogP contribution in [0.2, 0.25) is 0 Å². The highest BCUT2D eigenvalue weighted by Gasteiger charge is 2.21. The van der Waals surface area contributed by atoms with Crippen molar-refractivity contribution in [3.8, 4) is 33.8 Å². The van der Waals surface area contributed by atoms with E-state index in [1.54, 1.807) is 0 Å². The molecular weight excluding hydrogens is 424 g/mol. The number of hydrogen-bond acceptors (Lipinski definition) is 4. The summed E-state index contributed by atoms with van der Waals surface area (Å²) in [6.07, 6.45) is 7.85. The van der Waals surface area contributed by atoms with Crippen LogP contribution in [-0.2, 0) is 9.47 Å². The van der Waals surface area contributed by atoms with Gasteiger partial charge in [0.25, 0.3) is 0 Å². The summed E-state index contributed by atoms with van der Waals surface area (Å²) in [6, 6.07) is 25.5. The Bertz CT molecular complexity index is 919. The van der Waals surface area contributed by atoms with Gasteiger partial charge >= 0.3 is 0 Å². The van der Waals surface area contributed by atoms with Crippen LogP contribution >= 0.6 is 0 Å². The molecule has 0 radical (unpaired) electrons. The largest absolute Gasteiger partial charge is 0.494 e. The molecule has 2 atom stereocenters.